The van der Waals surface area contributed by atoms with Crippen LogP contribution in [0.4, 0.5) is 0 Å². The number of esters is 1. The molecule has 1 fully saturated rings. The predicted molar refractivity (Wildman–Crippen MR) is 68.7 cm³/mol. The van der Waals surface area contributed by atoms with E-state index in [0.717, 1.165) is 10.6 Å². The number of aliphatic hydroxyl groups excluding tert-OH is 1. The van der Waals surface area contributed by atoms with Crippen LogP contribution in [0.2, 0.25) is 0 Å². The number of carbonyl (C=O) groups excluding carboxylic acids is 1. The third kappa shape index (κ3) is 3.04. The third-order valence-electron chi connectivity index (χ3n) is 3.16. The molecule has 0 saturated carbocycles. The average Bonchev–Trinajstić information content (AvgIpc) is 2.75. The summed E-state index contributed by atoms with van der Waals surface area (Å²) in [6, 6.07) is 1.16. The zero-order valence-electron chi connectivity index (χ0n) is 11.5. The Morgan fingerprint density at radius 3 is 2.71 bits per heavy atom. The standard InChI is InChI=1S/C12H16N2O7/c1-6(16)20-9-7(5-15)21-11(10(9)19-2)14-4-3-8(17)13-12(14)18/h3-4,7,9-11,15H,5H2,1-2H3,(H,13,17,18)/t7-,9+,10+,11-/m1/s1. The van der Waals surface area contributed by atoms with Gasteiger partial charge in [0.1, 0.15) is 12.2 Å². The van der Waals surface area contributed by atoms with Crippen LogP contribution in [0.25, 0.3) is 0 Å². The number of hydrogen-bond donors (Lipinski definition) is 2. The lowest BCUT2D eigenvalue weighted by atomic mass is 10.1. The van der Waals surface area contributed by atoms with Crippen LogP contribution in [-0.4, -0.2) is 52.7 Å². The molecule has 9 nitrogen and oxygen atoms in total. The Bertz CT molecular complexity index is 623. The van der Waals surface area contributed by atoms with E-state index in [9.17, 15) is 19.5 Å². The monoisotopic (exact) mass is 300 g/mol. The molecule has 0 amide bonds. The highest BCUT2D eigenvalue weighted by Gasteiger charge is 2.48. The maximum Gasteiger partial charge on any atom is 0.330 e. The van der Waals surface area contributed by atoms with Gasteiger partial charge in [0, 0.05) is 26.3 Å². The van der Waals surface area contributed by atoms with Gasteiger partial charge in [0.25, 0.3) is 5.56 Å². The number of ether oxygens (including phenoxy) is 3. The lowest BCUT2D eigenvalue weighted by molar-refractivity contribution is -0.154. The lowest BCUT2D eigenvalue weighted by Crippen LogP contribution is -2.40. The molecule has 1 aliphatic heterocycles. The normalized spacial score (nSPS) is 28.5. The molecule has 2 N–H and O–H groups in total. The van der Waals surface area contributed by atoms with Crippen LogP contribution in [0.5, 0.6) is 0 Å². The van der Waals surface area contributed by atoms with Crippen molar-refractivity contribution >= 4 is 5.97 Å². The van der Waals surface area contributed by atoms with E-state index >= 15 is 0 Å². The molecule has 0 radical (unpaired) electrons. The second-order valence-electron chi connectivity index (χ2n) is 4.54. The Hall–Kier alpha value is -1.97. The van der Waals surface area contributed by atoms with Crippen molar-refractivity contribution in [1.29, 1.82) is 0 Å². The first-order chi connectivity index (χ1) is 9.97. The fraction of sp³-hybridized carbons (Fsp3) is 0.583. The highest BCUT2D eigenvalue weighted by molar-refractivity contribution is 5.66. The van der Waals surface area contributed by atoms with Gasteiger partial charge in [0.15, 0.2) is 12.3 Å². The summed E-state index contributed by atoms with van der Waals surface area (Å²) >= 11 is 0. The minimum absolute atomic E-state index is 0.410. The number of nitrogens with zero attached hydrogens (tertiary/aromatic N) is 1. The van der Waals surface area contributed by atoms with E-state index in [2.05, 4.69) is 4.98 Å². The zero-order valence-corrected chi connectivity index (χ0v) is 11.5. The second-order valence-corrected chi connectivity index (χ2v) is 4.54. The van der Waals surface area contributed by atoms with Gasteiger partial charge in [0.05, 0.1) is 6.61 Å². The lowest BCUT2D eigenvalue weighted by Gasteiger charge is -2.22. The fourth-order valence-corrected chi connectivity index (χ4v) is 2.29. The number of aromatic nitrogens is 2. The van der Waals surface area contributed by atoms with Gasteiger partial charge >= 0.3 is 11.7 Å². The van der Waals surface area contributed by atoms with Crippen LogP contribution < -0.4 is 11.2 Å². The van der Waals surface area contributed by atoms with Gasteiger partial charge in [-0.2, -0.15) is 0 Å². The summed E-state index contributed by atoms with van der Waals surface area (Å²) in [5.74, 6) is -0.557. The Morgan fingerprint density at radius 1 is 1.48 bits per heavy atom. The first-order valence-corrected chi connectivity index (χ1v) is 6.25. The van der Waals surface area contributed by atoms with Crippen LogP contribution in [-0.2, 0) is 19.0 Å². The SMILES string of the molecule is CO[C@H]1[C@@H](OC(C)=O)[C@@H](CO)O[C@H]1n1ccc(=O)[nH]c1=O. The molecule has 21 heavy (non-hydrogen) atoms. The largest absolute Gasteiger partial charge is 0.457 e. The smallest absolute Gasteiger partial charge is 0.330 e. The Labute approximate surface area is 119 Å². The molecule has 4 atom stereocenters. The van der Waals surface area contributed by atoms with Crippen LogP contribution in [0.15, 0.2) is 21.9 Å². The van der Waals surface area contributed by atoms with Gasteiger partial charge in [0.2, 0.25) is 0 Å². The number of H-pyrrole nitrogens is 1. The molecular weight excluding hydrogens is 284 g/mol. The van der Waals surface area contributed by atoms with E-state index in [1.165, 1.54) is 20.2 Å². The Kier molecular flexibility index (Phi) is 4.56. The van der Waals surface area contributed by atoms with E-state index in [1.807, 2.05) is 0 Å². The van der Waals surface area contributed by atoms with Gasteiger partial charge in [-0.05, 0) is 0 Å². The number of aromatic amines is 1. The van der Waals surface area contributed by atoms with Crippen molar-refractivity contribution in [3.8, 4) is 0 Å². The van der Waals surface area contributed by atoms with Crippen molar-refractivity contribution in [3.63, 3.8) is 0 Å². The quantitative estimate of drug-likeness (QED) is 0.641. The molecule has 0 spiro atoms. The number of nitrogens with one attached hydrogen (secondary N) is 1. The third-order valence-corrected chi connectivity index (χ3v) is 3.16. The minimum Gasteiger partial charge on any atom is -0.457 e. The van der Waals surface area contributed by atoms with Gasteiger partial charge in [-0.3, -0.25) is 19.1 Å². The summed E-state index contributed by atoms with van der Waals surface area (Å²) in [6.07, 6.45) is -2.16. The van der Waals surface area contributed by atoms with Gasteiger partial charge in [-0.1, -0.05) is 0 Å². The molecule has 9 heteroatoms. The summed E-state index contributed by atoms with van der Waals surface area (Å²) in [6.45, 7) is 0.813. The molecule has 1 aromatic heterocycles. The summed E-state index contributed by atoms with van der Waals surface area (Å²) in [7, 11) is 1.37. The average molecular weight is 300 g/mol. The number of hydrogen-bond acceptors (Lipinski definition) is 7. The summed E-state index contributed by atoms with van der Waals surface area (Å²) in [4.78, 5) is 36.1. The van der Waals surface area contributed by atoms with Crippen molar-refractivity contribution in [2.75, 3.05) is 13.7 Å². The summed E-state index contributed by atoms with van der Waals surface area (Å²) in [5.41, 5.74) is -1.23. The maximum atomic E-state index is 11.8. The van der Waals surface area contributed by atoms with Crippen LogP contribution in [0, 0.1) is 0 Å². The molecule has 1 aromatic rings. The Balaban J connectivity index is 2.37. The minimum atomic E-state index is -0.930. The maximum absolute atomic E-state index is 11.8. The van der Waals surface area contributed by atoms with Gasteiger partial charge < -0.3 is 19.3 Å². The predicted octanol–water partition coefficient (Wildman–Crippen LogP) is -1.63. The van der Waals surface area contributed by atoms with Crippen LogP contribution >= 0.6 is 0 Å². The van der Waals surface area contributed by atoms with E-state index in [4.69, 9.17) is 14.2 Å². The molecular formula is C12H16N2O7. The summed E-state index contributed by atoms with van der Waals surface area (Å²) < 4.78 is 17.0. The number of aliphatic hydroxyl groups is 1. The first-order valence-electron chi connectivity index (χ1n) is 6.25. The van der Waals surface area contributed by atoms with E-state index in [0.29, 0.717) is 0 Å². The molecule has 1 aliphatic rings. The summed E-state index contributed by atoms with van der Waals surface area (Å²) in [5, 5.41) is 9.32. The highest BCUT2D eigenvalue weighted by atomic mass is 16.6. The second kappa shape index (κ2) is 6.20. The van der Waals surface area contributed by atoms with Gasteiger partial charge in [-0.25, -0.2) is 4.79 Å². The van der Waals surface area contributed by atoms with Crippen molar-refractivity contribution in [2.45, 2.75) is 31.5 Å². The molecule has 0 unspecified atom stereocenters. The number of rotatable bonds is 4. The number of carbonyl (C=O) groups is 1. The molecule has 0 aliphatic carbocycles. The molecule has 0 aromatic carbocycles. The topological polar surface area (TPSA) is 120 Å². The molecule has 2 rings (SSSR count). The highest BCUT2D eigenvalue weighted by Crippen LogP contribution is 2.32. The molecule has 1 saturated heterocycles. The van der Waals surface area contributed by atoms with Crippen molar-refractivity contribution in [1.82, 2.24) is 9.55 Å². The van der Waals surface area contributed by atoms with Crippen LogP contribution in [0.3, 0.4) is 0 Å². The first kappa shape index (κ1) is 15.4. The fourth-order valence-electron chi connectivity index (χ4n) is 2.29. The van der Waals surface area contributed by atoms with E-state index in [1.54, 1.807) is 0 Å². The number of methoxy groups -OCH3 is 1. The van der Waals surface area contributed by atoms with Crippen molar-refractivity contribution in [2.24, 2.45) is 0 Å². The van der Waals surface area contributed by atoms with E-state index < -0.39 is 48.4 Å². The van der Waals surface area contributed by atoms with Crippen molar-refractivity contribution in [3.05, 3.63) is 33.1 Å². The zero-order chi connectivity index (χ0) is 15.6. The molecule has 2 heterocycles. The van der Waals surface area contributed by atoms with Crippen molar-refractivity contribution < 1.29 is 24.1 Å². The molecule has 116 valence electrons. The molecule has 0 bridgehead atoms. The van der Waals surface area contributed by atoms with Crippen LogP contribution in [0.1, 0.15) is 13.2 Å². The van der Waals surface area contributed by atoms with Gasteiger partial charge in [-0.15, -0.1) is 0 Å². The Morgan fingerprint density at radius 2 is 2.19 bits per heavy atom. The van der Waals surface area contributed by atoms with E-state index in [-0.39, 0.29) is 0 Å².